The molecular weight excluding hydrogens is 266 g/mol. The molecule has 3 rings (SSSR count). The number of nitrogens with one attached hydrogen (secondary N) is 2. The monoisotopic (exact) mass is 282 g/mol. The second-order valence-corrected chi connectivity index (χ2v) is 5.01. The van der Waals surface area contributed by atoms with Gasteiger partial charge in [-0.25, -0.2) is 4.98 Å². The molecule has 0 bridgehead atoms. The van der Waals surface area contributed by atoms with E-state index < -0.39 is 5.91 Å². The van der Waals surface area contributed by atoms with Crippen LogP contribution in [0.25, 0.3) is 0 Å². The van der Waals surface area contributed by atoms with Crippen LogP contribution in [0.5, 0.6) is 0 Å². The zero-order chi connectivity index (χ0) is 14.7. The van der Waals surface area contributed by atoms with Gasteiger partial charge in [0.2, 0.25) is 5.95 Å². The molecule has 21 heavy (non-hydrogen) atoms. The van der Waals surface area contributed by atoms with Gasteiger partial charge in [0.05, 0.1) is 5.56 Å². The van der Waals surface area contributed by atoms with Crippen LogP contribution in [0.15, 0.2) is 30.5 Å². The third-order valence-corrected chi connectivity index (χ3v) is 3.47. The third kappa shape index (κ3) is 3.10. The fourth-order valence-electron chi connectivity index (χ4n) is 2.08. The van der Waals surface area contributed by atoms with Crippen molar-refractivity contribution in [2.24, 2.45) is 5.73 Å². The molecule has 0 aliphatic heterocycles. The largest absolute Gasteiger partial charge is 0.367 e. The summed E-state index contributed by atoms with van der Waals surface area (Å²) < 4.78 is 0. The number of hydrogen-bond donors (Lipinski definition) is 3. The minimum Gasteiger partial charge on any atom is -0.367 e. The van der Waals surface area contributed by atoms with Crippen molar-refractivity contribution >= 4 is 23.4 Å². The molecule has 1 aromatic carbocycles. The van der Waals surface area contributed by atoms with Crippen molar-refractivity contribution in [3.05, 3.63) is 42.1 Å². The first-order valence-corrected chi connectivity index (χ1v) is 6.89. The normalized spacial score (nSPS) is 14.3. The molecule has 4 N–H and O–H groups in total. The van der Waals surface area contributed by atoms with Crippen molar-refractivity contribution < 1.29 is 4.79 Å². The van der Waals surface area contributed by atoms with E-state index >= 15 is 0 Å². The molecule has 0 unspecified atom stereocenters. The Labute approximate surface area is 122 Å². The molecule has 0 spiro atoms. The van der Waals surface area contributed by atoms with Gasteiger partial charge in [0, 0.05) is 17.9 Å². The molecule has 1 radical (unpaired) electrons. The lowest BCUT2D eigenvalue weighted by atomic mass is 9.93. The maximum atomic E-state index is 11.5. The van der Waals surface area contributed by atoms with Crippen LogP contribution in [0.4, 0.5) is 17.5 Å². The molecule has 2 aromatic rings. The molecule has 0 atom stereocenters. The van der Waals surface area contributed by atoms with Crippen LogP contribution in [-0.2, 0) is 0 Å². The Morgan fingerprint density at radius 2 is 2.10 bits per heavy atom. The first-order chi connectivity index (χ1) is 10.2. The van der Waals surface area contributed by atoms with Crippen LogP contribution >= 0.6 is 0 Å². The van der Waals surface area contributed by atoms with Crippen molar-refractivity contribution in [2.45, 2.75) is 25.3 Å². The van der Waals surface area contributed by atoms with Gasteiger partial charge in [-0.2, -0.15) is 4.98 Å². The highest BCUT2D eigenvalue weighted by Gasteiger charge is 2.21. The highest BCUT2D eigenvalue weighted by molar-refractivity contribution is 5.97. The highest BCUT2D eigenvalue weighted by Crippen LogP contribution is 2.25. The first kappa shape index (κ1) is 13.4. The van der Waals surface area contributed by atoms with Crippen LogP contribution in [0.2, 0.25) is 0 Å². The summed E-state index contributed by atoms with van der Waals surface area (Å²) in [5, 5.41) is 6.34. The molecule has 1 aliphatic rings. The van der Waals surface area contributed by atoms with Crippen molar-refractivity contribution in [3.8, 4) is 0 Å². The van der Waals surface area contributed by atoms with E-state index in [-0.39, 0.29) is 0 Å². The number of anilines is 3. The van der Waals surface area contributed by atoms with E-state index in [0.29, 0.717) is 23.4 Å². The predicted octanol–water partition coefficient (Wildman–Crippen LogP) is 2.08. The molecule has 1 heterocycles. The number of nitrogens with zero attached hydrogens (tertiary/aromatic N) is 2. The fourth-order valence-corrected chi connectivity index (χ4v) is 2.08. The Kier molecular flexibility index (Phi) is 3.68. The summed E-state index contributed by atoms with van der Waals surface area (Å²) >= 11 is 0. The second kappa shape index (κ2) is 5.78. The number of carbonyl (C=O) groups excluding carboxylic acids is 1. The van der Waals surface area contributed by atoms with Gasteiger partial charge in [0.1, 0.15) is 5.82 Å². The SMILES string of the molecule is NC(=O)c1cnc(Nc2cc[c]cc2)nc1NC1CCC1. The Morgan fingerprint density at radius 1 is 1.33 bits per heavy atom. The highest BCUT2D eigenvalue weighted by atomic mass is 16.1. The van der Waals surface area contributed by atoms with Gasteiger partial charge in [-0.15, -0.1) is 0 Å². The average Bonchev–Trinajstić information content (AvgIpc) is 2.44. The van der Waals surface area contributed by atoms with Gasteiger partial charge < -0.3 is 16.4 Å². The number of amides is 1. The lowest BCUT2D eigenvalue weighted by molar-refractivity contribution is 0.100. The number of nitrogens with two attached hydrogens (primary N) is 1. The lowest BCUT2D eigenvalue weighted by Gasteiger charge is -2.27. The number of carbonyl (C=O) groups is 1. The maximum Gasteiger partial charge on any atom is 0.254 e. The van der Waals surface area contributed by atoms with E-state index in [2.05, 4.69) is 26.7 Å². The molecule has 1 aromatic heterocycles. The lowest BCUT2D eigenvalue weighted by Crippen LogP contribution is -2.29. The summed E-state index contributed by atoms with van der Waals surface area (Å²) in [5.41, 5.74) is 6.54. The zero-order valence-electron chi connectivity index (χ0n) is 11.5. The van der Waals surface area contributed by atoms with Gasteiger partial charge in [-0.05, 0) is 37.5 Å². The molecule has 107 valence electrons. The summed E-state index contributed by atoms with van der Waals surface area (Å²) in [4.78, 5) is 20.0. The molecule has 1 amide bonds. The van der Waals surface area contributed by atoms with Crippen LogP contribution in [0, 0.1) is 6.07 Å². The predicted molar refractivity (Wildman–Crippen MR) is 80.4 cm³/mol. The van der Waals surface area contributed by atoms with Crippen molar-refractivity contribution in [2.75, 3.05) is 10.6 Å². The Morgan fingerprint density at radius 3 is 2.71 bits per heavy atom. The number of hydrogen-bond acceptors (Lipinski definition) is 5. The van der Waals surface area contributed by atoms with Gasteiger partial charge in [-0.3, -0.25) is 4.79 Å². The molecule has 1 saturated carbocycles. The standard InChI is InChI=1S/C15H16N5O/c16-13(21)12-9-17-15(19-11-5-2-1-3-6-11)20-14(12)18-10-7-4-8-10/h2-3,5-6,9-10H,4,7-8H2,(H2,16,21)(H2,17,18,19,20). The van der Waals surface area contributed by atoms with E-state index in [1.165, 1.54) is 12.6 Å². The van der Waals surface area contributed by atoms with Gasteiger partial charge in [-0.1, -0.05) is 12.1 Å². The Balaban J connectivity index is 1.84. The van der Waals surface area contributed by atoms with Crippen molar-refractivity contribution in [1.82, 2.24) is 9.97 Å². The van der Waals surface area contributed by atoms with Gasteiger partial charge in [0.15, 0.2) is 0 Å². The maximum absolute atomic E-state index is 11.5. The van der Waals surface area contributed by atoms with Crippen LogP contribution < -0.4 is 16.4 Å². The molecule has 0 saturated heterocycles. The smallest absolute Gasteiger partial charge is 0.254 e. The van der Waals surface area contributed by atoms with E-state index in [4.69, 9.17) is 5.73 Å². The summed E-state index contributed by atoms with van der Waals surface area (Å²) in [6, 6.07) is 10.6. The first-order valence-electron chi connectivity index (χ1n) is 6.89. The van der Waals surface area contributed by atoms with E-state index in [0.717, 1.165) is 18.5 Å². The van der Waals surface area contributed by atoms with Gasteiger partial charge in [0.25, 0.3) is 5.91 Å². The van der Waals surface area contributed by atoms with Crippen LogP contribution in [-0.4, -0.2) is 21.9 Å². The molecule has 1 aliphatic carbocycles. The van der Waals surface area contributed by atoms with Gasteiger partial charge >= 0.3 is 0 Å². The zero-order valence-corrected chi connectivity index (χ0v) is 11.5. The Bertz CT molecular complexity index is 640. The third-order valence-electron chi connectivity index (χ3n) is 3.47. The molecular formula is C15H16N5O. The summed E-state index contributed by atoms with van der Waals surface area (Å²) in [5.74, 6) is 0.387. The summed E-state index contributed by atoms with van der Waals surface area (Å²) in [7, 11) is 0. The molecule has 1 fully saturated rings. The van der Waals surface area contributed by atoms with E-state index in [1.807, 2.05) is 12.1 Å². The summed E-state index contributed by atoms with van der Waals surface area (Å²) in [6.07, 6.45) is 4.81. The number of primary amides is 1. The minimum atomic E-state index is -0.530. The van der Waals surface area contributed by atoms with Crippen molar-refractivity contribution in [1.29, 1.82) is 0 Å². The second-order valence-electron chi connectivity index (χ2n) is 5.01. The van der Waals surface area contributed by atoms with Crippen LogP contribution in [0.3, 0.4) is 0 Å². The molecule has 6 nitrogen and oxygen atoms in total. The number of rotatable bonds is 5. The molecule has 6 heteroatoms. The van der Waals surface area contributed by atoms with E-state index in [9.17, 15) is 4.79 Å². The minimum absolute atomic E-state index is 0.314. The van der Waals surface area contributed by atoms with Crippen LogP contribution in [0.1, 0.15) is 29.6 Å². The summed E-state index contributed by atoms with van der Waals surface area (Å²) in [6.45, 7) is 0. The van der Waals surface area contributed by atoms with E-state index in [1.54, 1.807) is 12.1 Å². The quantitative estimate of drug-likeness (QED) is 0.780. The number of aromatic nitrogens is 2. The number of benzene rings is 1. The Hall–Kier alpha value is -2.63. The van der Waals surface area contributed by atoms with Crippen molar-refractivity contribution in [3.63, 3.8) is 0 Å². The average molecular weight is 282 g/mol. The fraction of sp³-hybridized carbons (Fsp3) is 0.267. The topological polar surface area (TPSA) is 92.9 Å².